The fourth-order valence-electron chi connectivity index (χ4n) is 3.86. The summed E-state index contributed by atoms with van der Waals surface area (Å²) in [4.78, 5) is 0. The van der Waals surface area contributed by atoms with Crippen molar-refractivity contribution in [3.05, 3.63) is 0 Å². The first-order valence-electron chi connectivity index (χ1n) is 6.50. The number of rotatable bonds is 0. The molecule has 2 aliphatic carbocycles. The maximum Gasteiger partial charge on any atom is 0.168 e. The molecule has 0 aromatic heterocycles. The van der Waals surface area contributed by atoms with E-state index in [4.69, 9.17) is 9.47 Å². The fourth-order valence-corrected chi connectivity index (χ4v) is 3.86. The van der Waals surface area contributed by atoms with Gasteiger partial charge in [0, 0.05) is 12.8 Å². The maximum absolute atomic E-state index is 5.85. The summed E-state index contributed by atoms with van der Waals surface area (Å²) in [6.45, 7) is 4.10. The molecule has 1 spiro atoms. The van der Waals surface area contributed by atoms with Gasteiger partial charge >= 0.3 is 0 Å². The molecular weight excluding hydrogens is 188 g/mol. The molecule has 2 saturated carbocycles. The van der Waals surface area contributed by atoms with E-state index in [1.54, 1.807) is 0 Å². The Hall–Kier alpha value is -0.0800. The van der Waals surface area contributed by atoms with Crippen molar-refractivity contribution in [2.24, 2.45) is 11.3 Å². The lowest BCUT2D eigenvalue weighted by Gasteiger charge is -2.50. The first-order valence-corrected chi connectivity index (χ1v) is 6.50. The van der Waals surface area contributed by atoms with Gasteiger partial charge in [0.1, 0.15) is 0 Å². The van der Waals surface area contributed by atoms with Crippen LogP contribution in [0.3, 0.4) is 0 Å². The molecule has 3 aliphatic rings. The summed E-state index contributed by atoms with van der Waals surface area (Å²) in [5.41, 5.74) is 0.596. The third-order valence-electron chi connectivity index (χ3n) is 4.98. The molecule has 3 rings (SSSR count). The van der Waals surface area contributed by atoms with Crippen molar-refractivity contribution in [1.29, 1.82) is 0 Å². The van der Waals surface area contributed by atoms with Gasteiger partial charge in [0.15, 0.2) is 5.79 Å². The van der Waals surface area contributed by atoms with Gasteiger partial charge in [-0.3, -0.25) is 0 Å². The molecule has 1 heterocycles. The van der Waals surface area contributed by atoms with E-state index in [1.165, 1.54) is 32.1 Å². The van der Waals surface area contributed by atoms with E-state index in [-0.39, 0.29) is 5.79 Å². The second-order valence-corrected chi connectivity index (χ2v) is 5.91. The Morgan fingerprint density at radius 1 is 1.00 bits per heavy atom. The van der Waals surface area contributed by atoms with E-state index in [1.807, 2.05) is 0 Å². The molecule has 2 heteroatoms. The van der Waals surface area contributed by atoms with Crippen LogP contribution in [0.4, 0.5) is 0 Å². The second-order valence-electron chi connectivity index (χ2n) is 5.91. The zero-order valence-corrected chi connectivity index (χ0v) is 9.76. The van der Waals surface area contributed by atoms with Crippen LogP contribution in [0.2, 0.25) is 0 Å². The van der Waals surface area contributed by atoms with E-state index in [9.17, 15) is 0 Å². The molecule has 0 amide bonds. The zero-order chi connectivity index (χ0) is 10.4. The predicted octanol–water partition coefficient (Wildman–Crippen LogP) is 3.11. The lowest BCUT2D eigenvalue weighted by Crippen LogP contribution is -2.46. The summed E-state index contributed by atoms with van der Waals surface area (Å²) in [7, 11) is 0. The predicted molar refractivity (Wildman–Crippen MR) is 58.6 cm³/mol. The third-order valence-corrected chi connectivity index (χ3v) is 4.98. The molecule has 2 atom stereocenters. The van der Waals surface area contributed by atoms with Gasteiger partial charge in [0.25, 0.3) is 0 Å². The number of ether oxygens (including phenoxy) is 2. The average Bonchev–Trinajstić information content (AvgIpc) is 2.68. The van der Waals surface area contributed by atoms with E-state index in [2.05, 4.69) is 6.92 Å². The van der Waals surface area contributed by atoms with E-state index in [0.29, 0.717) is 5.41 Å². The van der Waals surface area contributed by atoms with Crippen molar-refractivity contribution in [1.82, 2.24) is 0 Å². The normalized spacial score (nSPS) is 44.2. The van der Waals surface area contributed by atoms with Crippen molar-refractivity contribution >= 4 is 0 Å². The van der Waals surface area contributed by atoms with Crippen molar-refractivity contribution in [2.45, 2.75) is 57.7 Å². The van der Waals surface area contributed by atoms with Crippen LogP contribution < -0.4 is 0 Å². The Labute approximate surface area is 92.3 Å². The molecule has 3 fully saturated rings. The Morgan fingerprint density at radius 2 is 1.80 bits per heavy atom. The molecule has 2 nitrogen and oxygen atoms in total. The molecule has 0 bridgehead atoms. The Bertz CT molecular complexity index is 245. The molecule has 15 heavy (non-hydrogen) atoms. The van der Waals surface area contributed by atoms with Crippen molar-refractivity contribution in [3.8, 4) is 0 Å². The molecule has 1 aliphatic heterocycles. The first-order chi connectivity index (χ1) is 7.23. The molecule has 0 N–H and O–H groups in total. The van der Waals surface area contributed by atoms with Gasteiger partial charge in [-0.2, -0.15) is 0 Å². The van der Waals surface area contributed by atoms with Crippen LogP contribution in [0.15, 0.2) is 0 Å². The van der Waals surface area contributed by atoms with E-state index >= 15 is 0 Å². The minimum atomic E-state index is -0.165. The smallest absolute Gasteiger partial charge is 0.168 e. The molecule has 0 unspecified atom stereocenters. The van der Waals surface area contributed by atoms with Gasteiger partial charge in [-0.15, -0.1) is 0 Å². The first kappa shape index (κ1) is 10.1. The van der Waals surface area contributed by atoms with Crippen molar-refractivity contribution < 1.29 is 9.47 Å². The standard InChI is InChI=1S/C13H22O2/c1-12-5-3-2-4-11(12)10-13(7-6-12)14-8-9-15-13/h11H,2-10H2,1H3/t11-,12+/m1/s1. The van der Waals surface area contributed by atoms with E-state index in [0.717, 1.165) is 32.0 Å². The summed E-state index contributed by atoms with van der Waals surface area (Å²) >= 11 is 0. The lowest BCUT2D eigenvalue weighted by atomic mass is 9.59. The summed E-state index contributed by atoms with van der Waals surface area (Å²) in [6, 6.07) is 0. The van der Waals surface area contributed by atoms with Crippen LogP contribution in [0.5, 0.6) is 0 Å². The fraction of sp³-hybridized carbons (Fsp3) is 1.00. The van der Waals surface area contributed by atoms with Crippen molar-refractivity contribution in [3.63, 3.8) is 0 Å². The largest absolute Gasteiger partial charge is 0.348 e. The summed E-state index contributed by atoms with van der Waals surface area (Å²) < 4.78 is 11.7. The number of hydrogen-bond donors (Lipinski definition) is 0. The van der Waals surface area contributed by atoms with Crippen LogP contribution >= 0.6 is 0 Å². The number of fused-ring (bicyclic) bond motifs is 1. The van der Waals surface area contributed by atoms with Crippen LogP contribution in [-0.2, 0) is 9.47 Å². The highest BCUT2D eigenvalue weighted by molar-refractivity contribution is 4.96. The minimum absolute atomic E-state index is 0.165. The lowest BCUT2D eigenvalue weighted by molar-refractivity contribution is -0.210. The summed E-state index contributed by atoms with van der Waals surface area (Å²) in [6.07, 6.45) is 9.25. The zero-order valence-electron chi connectivity index (χ0n) is 9.76. The molecule has 0 radical (unpaired) electrons. The summed E-state index contributed by atoms with van der Waals surface area (Å²) in [5.74, 6) is 0.680. The van der Waals surface area contributed by atoms with Crippen LogP contribution in [0.1, 0.15) is 51.9 Å². The average molecular weight is 210 g/mol. The number of hydrogen-bond acceptors (Lipinski definition) is 2. The monoisotopic (exact) mass is 210 g/mol. The summed E-state index contributed by atoms with van der Waals surface area (Å²) in [5, 5.41) is 0. The molecule has 86 valence electrons. The van der Waals surface area contributed by atoms with Gasteiger partial charge in [-0.05, 0) is 30.6 Å². The highest BCUT2D eigenvalue weighted by Crippen LogP contribution is 2.54. The van der Waals surface area contributed by atoms with Gasteiger partial charge in [0.2, 0.25) is 0 Å². The van der Waals surface area contributed by atoms with Gasteiger partial charge in [-0.1, -0.05) is 19.8 Å². The van der Waals surface area contributed by atoms with Crippen molar-refractivity contribution in [2.75, 3.05) is 13.2 Å². The molecule has 0 aromatic rings. The SMILES string of the molecule is C[C@@]12CCCC[C@@H]1CC1(CC2)OCCO1. The Morgan fingerprint density at radius 3 is 2.60 bits per heavy atom. The molecule has 0 aromatic carbocycles. The quantitative estimate of drug-likeness (QED) is 0.611. The molecular formula is C13H22O2. The minimum Gasteiger partial charge on any atom is -0.348 e. The highest BCUT2D eigenvalue weighted by atomic mass is 16.7. The van der Waals surface area contributed by atoms with Gasteiger partial charge < -0.3 is 9.47 Å². The van der Waals surface area contributed by atoms with E-state index < -0.39 is 0 Å². The molecule has 1 saturated heterocycles. The van der Waals surface area contributed by atoms with Gasteiger partial charge in [0.05, 0.1) is 13.2 Å². The van der Waals surface area contributed by atoms with Crippen LogP contribution in [0, 0.1) is 11.3 Å². The Balaban J connectivity index is 1.76. The highest BCUT2D eigenvalue weighted by Gasteiger charge is 2.50. The maximum atomic E-state index is 5.85. The Kier molecular flexibility index (Phi) is 2.33. The second kappa shape index (κ2) is 3.46. The van der Waals surface area contributed by atoms with Crippen LogP contribution in [0.25, 0.3) is 0 Å². The van der Waals surface area contributed by atoms with Crippen LogP contribution in [-0.4, -0.2) is 19.0 Å². The third kappa shape index (κ3) is 1.62. The topological polar surface area (TPSA) is 18.5 Å². The van der Waals surface area contributed by atoms with Gasteiger partial charge in [-0.25, -0.2) is 0 Å².